The van der Waals surface area contributed by atoms with Gasteiger partial charge in [-0.25, -0.2) is 0 Å². The average Bonchev–Trinajstić information content (AvgIpc) is 3.23. The van der Waals surface area contributed by atoms with Crippen molar-refractivity contribution in [3.8, 4) is 28.7 Å². The van der Waals surface area contributed by atoms with Crippen molar-refractivity contribution in [2.45, 2.75) is 37.1 Å². The van der Waals surface area contributed by atoms with Gasteiger partial charge in [-0.05, 0) is 25.1 Å². The van der Waals surface area contributed by atoms with Crippen LogP contribution in [0.4, 0.5) is 0 Å². The van der Waals surface area contributed by atoms with Gasteiger partial charge in [-0.3, -0.25) is 4.79 Å². The fourth-order valence-electron chi connectivity index (χ4n) is 4.50. The Morgan fingerprint density at radius 3 is 2.61 bits per heavy atom. The number of methoxy groups -OCH3 is 2. The van der Waals surface area contributed by atoms with Gasteiger partial charge < -0.3 is 28.8 Å². The summed E-state index contributed by atoms with van der Waals surface area (Å²) in [7, 11) is 3.12. The molecule has 3 aliphatic rings. The molecule has 0 spiro atoms. The highest BCUT2D eigenvalue weighted by molar-refractivity contribution is 9.09. The van der Waals surface area contributed by atoms with E-state index in [0.717, 1.165) is 11.1 Å². The highest BCUT2D eigenvalue weighted by Crippen LogP contribution is 2.50. The van der Waals surface area contributed by atoms with E-state index in [0.29, 0.717) is 46.1 Å². The predicted molar refractivity (Wildman–Crippen MR) is 116 cm³/mol. The third-order valence-corrected chi connectivity index (χ3v) is 7.42. The molecule has 0 bridgehead atoms. The number of fused-ring (bicyclic) bond motifs is 6. The van der Waals surface area contributed by atoms with Crippen molar-refractivity contribution in [2.24, 2.45) is 0 Å². The molecule has 0 fully saturated rings. The third-order valence-electron chi connectivity index (χ3n) is 6.28. The second-order valence-corrected chi connectivity index (χ2v) is 8.84. The number of Topliss-reactive ketones (excluding diaryl/α,β-unsaturated/α-hetero) is 1. The molecular formula is C23H23BrO7. The first-order chi connectivity index (χ1) is 14.9. The number of rotatable bonds is 4. The zero-order valence-corrected chi connectivity index (χ0v) is 19.0. The van der Waals surface area contributed by atoms with Gasteiger partial charge in [0, 0.05) is 28.9 Å². The van der Waals surface area contributed by atoms with Crippen LogP contribution in [0.1, 0.15) is 34.3 Å². The molecule has 3 aliphatic heterocycles. The highest BCUT2D eigenvalue weighted by Gasteiger charge is 2.47. The first kappa shape index (κ1) is 20.5. The predicted octanol–water partition coefficient (Wildman–Crippen LogP) is 3.27. The van der Waals surface area contributed by atoms with Crippen molar-refractivity contribution in [2.75, 3.05) is 26.2 Å². The van der Waals surface area contributed by atoms with Crippen molar-refractivity contribution < 1.29 is 33.6 Å². The Bertz CT molecular complexity index is 1060. The molecule has 0 aromatic heterocycles. The average molecular weight is 488 g/mol. The summed E-state index contributed by atoms with van der Waals surface area (Å²) in [5.41, 5.74) is 1.01. The van der Waals surface area contributed by atoms with Crippen LogP contribution in [-0.4, -0.2) is 54.9 Å². The lowest BCUT2D eigenvalue weighted by Crippen LogP contribution is -2.44. The standard InChI is InChI=1S/C23H23BrO7/c1-23(26,10-24)19-7-13-14(30-19)5-4-11-21(25)20-12-6-16(27-2)17(28-3)8-15(12)29-9-18(20)31-22(11)13/h4-6,8,18-20,26H,7,9-10H2,1-3H3/t18-,19-,20+,23-/m1/s1/i24-3. The van der Waals surface area contributed by atoms with Gasteiger partial charge in [-0.2, -0.15) is 0 Å². The monoisotopic (exact) mass is 488 g/mol. The minimum Gasteiger partial charge on any atom is -0.493 e. The zero-order valence-electron chi connectivity index (χ0n) is 17.4. The number of alkyl halides is 1. The number of benzene rings is 2. The highest BCUT2D eigenvalue weighted by atomic mass is 76.9. The Morgan fingerprint density at radius 2 is 1.90 bits per heavy atom. The van der Waals surface area contributed by atoms with Crippen LogP contribution in [0.15, 0.2) is 24.3 Å². The van der Waals surface area contributed by atoms with E-state index >= 15 is 0 Å². The molecule has 0 amide bonds. The lowest BCUT2D eigenvalue weighted by molar-refractivity contribution is -0.0181. The van der Waals surface area contributed by atoms with Crippen LogP contribution in [0.2, 0.25) is 0 Å². The molecule has 2 aromatic carbocycles. The van der Waals surface area contributed by atoms with Crippen LogP contribution in [0.5, 0.6) is 28.7 Å². The fraction of sp³-hybridized carbons (Fsp3) is 0.435. The lowest BCUT2D eigenvalue weighted by atomic mass is 9.81. The number of carbonyl (C=O) groups is 1. The van der Waals surface area contributed by atoms with E-state index in [2.05, 4.69) is 15.9 Å². The molecule has 31 heavy (non-hydrogen) atoms. The van der Waals surface area contributed by atoms with Crippen LogP contribution < -0.4 is 23.7 Å². The SMILES string of the molecule is COc1cc2c(cc1OC)[C@@H]1C(=O)c3ccc4c(c3O[C@@H]1CO2)C[C@H]([C@](C)(O)C[77Br])O4. The van der Waals surface area contributed by atoms with Gasteiger partial charge in [-0.15, -0.1) is 0 Å². The van der Waals surface area contributed by atoms with Gasteiger partial charge in [0.25, 0.3) is 0 Å². The van der Waals surface area contributed by atoms with Crippen LogP contribution in [0.3, 0.4) is 0 Å². The summed E-state index contributed by atoms with van der Waals surface area (Å²) in [5, 5.41) is 11.0. The van der Waals surface area contributed by atoms with E-state index in [9.17, 15) is 9.90 Å². The molecule has 0 saturated heterocycles. The van der Waals surface area contributed by atoms with Crippen LogP contribution in [-0.2, 0) is 6.42 Å². The maximum Gasteiger partial charge on any atom is 0.178 e. The quantitative estimate of drug-likeness (QED) is 0.662. The topological polar surface area (TPSA) is 83.5 Å². The van der Waals surface area contributed by atoms with E-state index < -0.39 is 23.7 Å². The number of hydrogen-bond donors (Lipinski definition) is 1. The molecule has 3 heterocycles. The number of ether oxygens (including phenoxy) is 5. The Labute approximate surface area is 188 Å². The summed E-state index contributed by atoms with van der Waals surface area (Å²) in [6, 6.07) is 7.07. The first-order valence-electron chi connectivity index (χ1n) is 10.1. The van der Waals surface area contributed by atoms with Gasteiger partial charge in [0.1, 0.15) is 41.7 Å². The van der Waals surface area contributed by atoms with Crippen LogP contribution >= 0.6 is 15.9 Å². The Balaban J connectivity index is 1.55. The summed E-state index contributed by atoms with van der Waals surface area (Å²) in [5.74, 6) is 2.32. The third kappa shape index (κ3) is 3.07. The van der Waals surface area contributed by atoms with Gasteiger partial charge in [0.2, 0.25) is 0 Å². The summed E-state index contributed by atoms with van der Waals surface area (Å²) in [6.07, 6.45) is -0.428. The van der Waals surface area contributed by atoms with Gasteiger partial charge in [0.05, 0.1) is 25.7 Å². The van der Waals surface area contributed by atoms with Crippen molar-refractivity contribution in [3.05, 3.63) is 41.0 Å². The summed E-state index contributed by atoms with van der Waals surface area (Å²) in [4.78, 5) is 13.6. The van der Waals surface area contributed by atoms with Gasteiger partial charge >= 0.3 is 0 Å². The summed E-state index contributed by atoms with van der Waals surface area (Å²) < 4.78 is 29.0. The molecule has 0 aliphatic carbocycles. The van der Waals surface area contributed by atoms with Gasteiger partial charge in [-0.1, -0.05) is 15.9 Å². The van der Waals surface area contributed by atoms with E-state index in [-0.39, 0.29) is 12.4 Å². The second-order valence-electron chi connectivity index (χ2n) is 8.27. The number of ketones is 1. The van der Waals surface area contributed by atoms with Gasteiger partial charge in [0.15, 0.2) is 17.3 Å². The second kappa shape index (κ2) is 7.31. The first-order valence-corrected chi connectivity index (χ1v) is 11.2. The Morgan fingerprint density at radius 1 is 1.16 bits per heavy atom. The summed E-state index contributed by atoms with van der Waals surface area (Å²) >= 11 is 3.34. The molecule has 1 N–H and O–H groups in total. The molecule has 2 aromatic rings. The van der Waals surface area contributed by atoms with E-state index in [1.165, 1.54) is 0 Å². The summed E-state index contributed by atoms with van der Waals surface area (Å²) in [6.45, 7) is 1.96. The van der Waals surface area contributed by atoms with Crippen molar-refractivity contribution in [1.29, 1.82) is 0 Å². The Hall–Kier alpha value is -2.45. The minimum absolute atomic E-state index is 0.0264. The van der Waals surface area contributed by atoms with Crippen molar-refractivity contribution >= 4 is 21.7 Å². The number of aliphatic hydroxyl groups is 1. The smallest absolute Gasteiger partial charge is 0.178 e. The molecule has 164 valence electrons. The van der Waals surface area contributed by atoms with E-state index in [1.54, 1.807) is 45.4 Å². The molecule has 0 saturated carbocycles. The molecule has 8 heteroatoms. The molecule has 5 rings (SSSR count). The molecule has 7 nitrogen and oxygen atoms in total. The van der Waals surface area contributed by atoms with E-state index in [1.807, 2.05) is 0 Å². The number of halogens is 1. The maximum atomic E-state index is 13.6. The molecule has 4 atom stereocenters. The molecule has 0 unspecified atom stereocenters. The van der Waals surface area contributed by atoms with Crippen LogP contribution in [0, 0.1) is 0 Å². The number of hydrogen-bond acceptors (Lipinski definition) is 7. The van der Waals surface area contributed by atoms with Crippen molar-refractivity contribution in [1.82, 2.24) is 0 Å². The fourth-order valence-corrected chi connectivity index (χ4v) is 4.86. The lowest BCUT2D eigenvalue weighted by Gasteiger charge is -2.37. The Kier molecular flexibility index (Phi) is 4.82. The normalized spacial score (nSPS) is 24.9. The van der Waals surface area contributed by atoms with E-state index in [4.69, 9.17) is 23.7 Å². The minimum atomic E-state index is -1.05. The molecule has 0 radical (unpaired) electrons. The number of carbonyl (C=O) groups excluding carboxylic acids is 1. The zero-order chi connectivity index (χ0) is 21.9. The molecular weight excluding hydrogens is 465 g/mol. The van der Waals surface area contributed by atoms with Crippen molar-refractivity contribution in [3.63, 3.8) is 0 Å². The van der Waals surface area contributed by atoms with Crippen LogP contribution in [0.25, 0.3) is 0 Å². The maximum absolute atomic E-state index is 13.6. The largest absolute Gasteiger partial charge is 0.493 e.